The van der Waals surface area contributed by atoms with E-state index in [2.05, 4.69) is 5.32 Å². The van der Waals surface area contributed by atoms with Crippen molar-refractivity contribution >= 4 is 21.6 Å². The van der Waals surface area contributed by atoms with E-state index in [1.807, 2.05) is 37.3 Å². The van der Waals surface area contributed by atoms with Crippen molar-refractivity contribution in [2.75, 3.05) is 25.5 Å². The van der Waals surface area contributed by atoms with Crippen LogP contribution in [0.3, 0.4) is 0 Å². The minimum atomic E-state index is -3.57. The van der Waals surface area contributed by atoms with Gasteiger partial charge < -0.3 is 10.1 Å². The predicted octanol–water partition coefficient (Wildman–Crippen LogP) is 3.04. The van der Waals surface area contributed by atoms with E-state index in [0.717, 1.165) is 11.3 Å². The zero-order valence-corrected chi connectivity index (χ0v) is 16.3. The summed E-state index contributed by atoms with van der Waals surface area (Å²) in [7, 11) is -2.01. The summed E-state index contributed by atoms with van der Waals surface area (Å²) < 4.78 is 32.4. The molecule has 1 saturated heterocycles. The van der Waals surface area contributed by atoms with Crippen molar-refractivity contribution in [3.05, 3.63) is 54.1 Å². The van der Waals surface area contributed by atoms with Crippen LogP contribution in [0.15, 0.2) is 53.4 Å². The highest BCUT2D eigenvalue weighted by atomic mass is 32.2. The number of anilines is 1. The second-order valence-corrected chi connectivity index (χ2v) is 8.60. The van der Waals surface area contributed by atoms with Gasteiger partial charge in [0.05, 0.1) is 12.0 Å². The van der Waals surface area contributed by atoms with E-state index in [4.69, 9.17) is 4.74 Å². The molecule has 0 saturated carbocycles. The van der Waals surface area contributed by atoms with Crippen molar-refractivity contribution in [2.45, 2.75) is 24.7 Å². The van der Waals surface area contributed by atoms with Gasteiger partial charge in [0.1, 0.15) is 5.75 Å². The molecule has 2 aromatic carbocycles. The van der Waals surface area contributed by atoms with Gasteiger partial charge in [-0.15, -0.1) is 0 Å². The second-order valence-electron chi connectivity index (χ2n) is 6.67. The number of ether oxygens (including phenoxy) is 1. The number of aryl methyl sites for hydroxylation is 1. The predicted molar refractivity (Wildman–Crippen MR) is 104 cm³/mol. The lowest BCUT2D eigenvalue weighted by Gasteiger charge is -2.30. The Morgan fingerprint density at radius 2 is 1.78 bits per heavy atom. The quantitative estimate of drug-likeness (QED) is 0.854. The van der Waals surface area contributed by atoms with Gasteiger partial charge in [0, 0.05) is 24.7 Å². The molecule has 0 unspecified atom stereocenters. The van der Waals surface area contributed by atoms with Crippen LogP contribution in [-0.2, 0) is 14.8 Å². The normalized spacial score (nSPS) is 16.1. The molecule has 7 heteroatoms. The van der Waals surface area contributed by atoms with E-state index in [0.29, 0.717) is 31.7 Å². The Morgan fingerprint density at radius 1 is 1.11 bits per heavy atom. The largest absolute Gasteiger partial charge is 0.496 e. The molecule has 144 valence electrons. The first-order valence-electron chi connectivity index (χ1n) is 8.92. The maximum absolute atomic E-state index is 12.9. The molecule has 1 N–H and O–H groups in total. The molecule has 0 atom stereocenters. The van der Waals surface area contributed by atoms with Crippen LogP contribution in [0.25, 0.3) is 0 Å². The van der Waals surface area contributed by atoms with Crippen LogP contribution in [0.1, 0.15) is 18.4 Å². The minimum absolute atomic E-state index is 0.0569. The summed E-state index contributed by atoms with van der Waals surface area (Å²) in [5.74, 6) is 0.415. The number of rotatable bonds is 5. The Labute approximate surface area is 160 Å². The lowest BCUT2D eigenvalue weighted by molar-refractivity contribution is -0.120. The molecule has 27 heavy (non-hydrogen) atoms. The Morgan fingerprint density at radius 3 is 2.37 bits per heavy atom. The molecule has 0 aliphatic carbocycles. The molecule has 1 aliphatic rings. The third-order valence-corrected chi connectivity index (χ3v) is 6.76. The zero-order valence-electron chi connectivity index (χ0n) is 15.5. The van der Waals surface area contributed by atoms with Gasteiger partial charge in [0.25, 0.3) is 0 Å². The highest BCUT2D eigenvalue weighted by molar-refractivity contribution is 7.89. The van der Waals surface area contributed by atoms with E-state index in [9.17, 15) is 13.2 Å². The molecule has 1 fully saturated rings. The number of carbonyl (C=O) groups is 1. The Balaban J connectivity index is 1.64. The molecule has 0 radical (unpaired) electrons. The first-order chi connectivity index (χ1) is 12.9. The number of hydrogen-bond donors (Lipinski definition) is 1. The Kier molecular flexibility index (Phi) is 5.82. The van der Waals surface area contributed by atoms with E-state index in [1.165, 1.54) is 4.31 Å². The van der Waals surface area contributed by atoms with Crippen LogP contribution in [0.4, 0.5) is 5.69 Å². The molecule has 6 nitrogen and oxygen atoms in total. The van der Waals surface area contributed by atoms with Crippen molar-refractivity contribution in [3.8, 4) is 5.75 Å². The fourth-order valence-corrected chi connectivity index (χ4v) is 4.84. The van der Waals surface area contributed by atoms with Crippen molar-refractivity contribution in [3.63, 3.8) is 0 Å². The first kappa shape index (κ1) is 19.4. The summed E-state index contributed by atoms with van der Waals surface area (Å²) in [6, 6.07) is 14.1. The van der Waals surface area contributed by atoms with Crippen LogP contribution in [0, 0.1) is 12.8 Å². The standard InChI is InChI=1S/C20H24N2O4S/c1-15-14-18(8-9-19(15)26-2)27(24,25)22-12-10-16(11-13-22)20(23)21-17-6-4-3-5-7-17/h3-9,14,16H,10-13H2,1-2H3,(H,21,23). The van der Waals surface area contributed by atoms with Gasteiger partial charge in [0.2, 0.25) is 15.9 Å². The molecule has 1 heterocycles. The zero-order chi connectivity index (χ0) is 19.4. The number of benzene rings is 2. The molecular formula is C20H24N2O4S. The van der Waals surface area contributed by atoms with E-state index in [-0.39, 0.29) is 16.7 Å². The van der Waals surface area contributed by atoms with Gasteiger partial charge in [-0.1, -0.05) is 18.2 Å². The molecule has 1 amide bonds. The summed E-state index contributed by atoms with van der Waals surface area (Å²) in [4.78, 5) is 12.7. The third kappa shape index (κ3) is 4.31. The number of nitrogens with one attached hydrogen (secondary N) is 1. The van der Waals surface area contributed by atoms with Crippen LogP contribution in [0.5, 0.6) is 5.75 Å². The smallest absolute Gasteiger partial charge is 0.243 e. The number of nitrogens with zero attached hydrogens (tertiary/aromatic N) is 1. The fourth-order valence-electron chi connectivity index (χ4n) is 3.28. The van der Waals surface area contributed by atoms with Crippen LogP contribution >= 0.6 is 0 Å². The minimum Gasteiger partial charge on any atom is -0.496 e. The molecule has 2 aromatic rings. The molecule has 1 aliphatic heterocycles. The molecule has 0 spiro atoms. The highest BCUT2D eigenvalue weighted by Gasteiger charge is 2.32. The van der Waals surface area contributed by atoms with Crippen molar-refractivity contribution in [2.24, 2.45) is 5.92 Å². The number of methoxy groups -OCH3 is 1. The SMILES string of the molecule is COc1ccc(S(=O)(=O)N2CCC(C(=O)Nc3ccccc3)CC2)cc1C. The molecule has 0 bridgehead atoms. The van der Waals surface area contributed by atoms with Crippen molar-refractivity contribution < 1.29 is 17.9 Å². The maximum Gasteiger partial charge on any atom is 0.243 e. The van der Waals surface area contributed by atoms with Crippen LogP contribution < -0.4 is 10.1 Å². The molecule has 0 aromatic heterocycles. The number of para-hydroxylation sites is 1. The average molecular weight is 388 g/mol. The van der Waals surface area contributed by atoms with E-state index >= 15 is 0 Å². The number of hydrogen-bond acceptors (Lipinski definition) is 4. The third-order valence-electron chi connectivity index (χ3n) is 4.87. The van der Waals surface area contributed by atoms with E-state index in [1.54, 1.807) is 25.3 Å². The van der Waals surface area contributed by atoms with Gasteiger partial charge in [-0.05, 0) is 55.7 Å². The van der Waals surface area contributed by atoms with Crippen LogP contribution in [0.2, 0.25) is 0 Å². The van der Waals surface area contributed by atoms with E-state index < -0.39 is 10.0 Å². The highest BCUT2D eigenvalue weighted by Crippen LogP contribution is 2.27. The summed E-state index contributed by atoms with van der Waals surface area (Å²) in [5, 5.41) is 2.90. The van der Waals surface area contributed by atoms with Crippen molar-refractivity contribution in [1.82, 2.24) is 4.31 Å². The second kappa shape index (κ2) is 8.10. The lowest BCUT2D eigenvalue weighted by Crippen LogP contribution is -2.41. The summed E-state index contributed by atoms with van der Waals surface area (Å²) in [5.41, 5.74) is 1.53. The number of carbonyl (C=O) groups excluding carboxylic acids is 1. The number of amides is 1. The average Bonchev–Trinajstić information content (AvgIpc) is 2.68. The number of sulfonamides is 1. The maximum atomic E-state index is 12.9. The summed E-state index contributed by atoms with van der Waals surface area (Å²) in [6.45, 7) is 2.48. The van der Waals surface area contributed by atoms with Gasteiger partial charge in [-0.3, -0.25) is 4.79 Å². The van der Waals surface area contributed by atoms with Gasteiger partial charge in [-0.2, -0.15) is 4.31 Å². The Hall–Kier alpha value is -2.38. The lowest BCUT2D eigenvalue weighted by atomic mass is 9.97. The summed E-state index contributed by atoms with van der Waals surface area (Å²) in [6.07, 6.45) is 1.01. The molecule has 3 rings (SSSR count). The monoisotopic (exact) mass is 388 g/mol. The first-order valence-corrected chi connectivity index (χ1v) is 10.4. The fraction of sp³-hybridized carbons (Fsp3) is 0.350. The Bertz CT molecular complexity index is 905. The van der Waals surface area contributed by atoms with Crippen molar-refractivity contribution in [1.29, 1.82) is 0 Å². The van der Waals surface area contributed by atoms with Gasteiger partial charge in [-0.25, -0.2) is 8.42 Å². The van der Waals surface area contributed by atoms with Gasteiger partial charge in [0.15, 0.2) is 0 Å². The topological polar surface area (TPSA) is 75.7 Å². The summed E-state index contributed by atoms with van der Waals surface area (Å²) >= 11 is 0. The molecular weight excluding hydrogens is 364 g/mol. The number of piperidine rings is 1. The van der Waals surface area contributed by atoms with Gasteiger partial charge >= 0.3 is 0 Å². The van der Waals surface area contributed by atoms with Crippen LogP contribution in [-0.4, -0.2) is 38.8 Å².